The fourth-order valence-electron chi connectivity index (χ4n) is 4.15. The van der Waals surface area contributed by atoms with Crippen molar-refractivity contribution in [2.45, 2.75) is 32.6 Å². The van der Waals surface area contributed by atoms with Crippen molar-refractivity contribution in [1.82, 2.24) is 19.7 Å². The number of carbonyl (C=O) groups excluding carboxylic acids is 1. The number of amides is 1. The van der Waals surface area contributed by atoms with E-state index in [0.29, 0.717) is 12.1 Å². The second-order valence-electron chi connectivity index (χ2n) is 8.01. The van der Waals surface area contributed by atoms with Gasteiger partial charge in [0.1, 0.15) is 5.75 Å². The minimum absolute atomic E-state index is 0.0611. The zero-order valence-corrected chi connectivity index (χ0v) is 18.1. The van der Waals surface area contributed by atoms with E-state index in [1.807, 2.05) is 44.0 Å². The number of ether oxygens (including phenoxy) is 1. The Morgan fingerprint density at radius 1 is 1.17 bits per heavy atom. The molecule has 0 aliphatic carbocycles. The molecular weight excluding hydrogens is 376 g/mol. The normalized spacial score (nSPS) is 16.5. The largest absolute Gasteiger partial charge is 0.497 e. The number of pyridine rings is 1. The van der Waals surface area contributed by atoms with E-state index < -0.39 is 0 Å². The smallest absolute Gasteiger partial charge is 0.257 e. The topological polar surface area (TPSA) is 60.2 Å². The van der Waals surface area contributed by atoms with Crippen LogP contribution >= 0.6 is 0 Å². The number of aromatic nitrogens is 3. The number of carbonyl (C=O) groups is 1. The molecule has 1 saturated heterocycles. The predicted molar refractivity (Wildman–Crippen MR) is 117 cm³/mol. The molecule has 1 fully saturated rings. The van der Waals surface area contributed by atoms with Crippen LogP contribution in [-0.4, -0.2) is 45.8 Å². The molecule has 0 saturated carbocycles. The van der Waals surface area contributed by atoms with Gasteiger partial charge in [-0.05, 0) is 62.1 Å². The first-order valence-electron chi connectivity index (χ1n) is 10.4. The highest BCUT2D eigenvalue weighted by atomic mass is 16.5. The molecule has 4 rings (SSSR count). The van der Waals surface area contributed by atoms with Gasteiger partial charge in [0, 0.05) is 43.1 Å². The van der Waals surface area contributed by atoms with E-state index in [1.54, 1.807) is 18.0 Å². The Morgan fingerprint density at radius 2 is 2.00 bits per heavy atom. The molecule has 156 valence electrons. The van der Waals surface area contributed by atoms with Crippen molar-refractivity contribution in [2.24, 2.45) is 7.05 Å². The summed E-state index contributed by atoms with van der Waals surface area (Å²) in [4.78, 5) is 19.9. The van der Waals surface area contributed by atoms with E-state index in [9.17, 15) is 4.79 Å². The Morgan fingerprint density at radius 3 is 2.73 bits per heavy atom. The molecule has 0 bridgehead atoms. The first-order valence-corrected chi connectivity index (χ1v) is 10.4. The van der Waals surface area contributed by atoms with Crippen LogP contribution in [-0.2, 0) is 7.05 Å². The molecule has 0 spiro atoms. The standard InChI is InChI=1S/C24H28N4O2/c1-16-11-20(18-7-5-9-21(12-18)30-4)13-23(26-16)19-8-6-10-28(15-19)24(29)22-14-25-27(3)17(22)2/h5,7,9,11-14,19H,6,8,10,15H2,1-4H3/t19-/m0/s1. The van der Waals surface area contributed by atoms with Gasteiger partial charge in [-0.3, -0.25) is 14.5 Å². The Balaban J connectivity index is 1.60. The Bertz CT molecular complexity index is 1070. The van der Waals surface area contributed by atoms with Gasteiger partial charge < -0.3 is 9.64 Å². The lowest BCUT2D eigenvalue weighted by molar-refractivity contribution is 0.0705. The second-order valence-corrected chi connectivity index (χ2v) is 8.01. The third kappa shape index (κ3) is 3.95. The van der Waals surface area contributed by atoms with Crippen LogP contribution in [0, 0.1) is 13.8 Å². The van der Waals surface area contributed by atoms with E-state index in [1.165, 1.54) is 0 Å². The first-order chi connectivity index (χ1) is 14.5. The molecule has 2 aromatic heterocycles. The summed E-state index contributed by atoms with van der Waals surface area (Å²) in [7, 11) is 3.54. The summed E-state index contributed by atoms with van der Waals surface area (Å²) in [5.41, 5.74) is 5.85. The van der Waals surface area contributed by atoms with Crippen LogP contribution in [0.25, 0.3) is 11.1 Å². The Kier molecular flexibility index (Phi) is 5.57. The van der Waals surface area contributed by atoms with Crippen LogP contribution in [0.1, 0.15) is 46.2 Å². The molecule has 1 amide bonds. The second kappa shape index (κ2) is 8.30. The summed E-state index contributed by atoms with van der Waals surface area (Å²) in [6.45, 7) is 5.42. The van der Waals surface area contributed by atoms with E-state index in [4.69, 9.17) is 9.72 Å². The van der Waals surface area contributed by atoms with Gasteiger partial charge in [-0.1, -0.05) is 12.1 Å². The van der Waals surface area contributed by atoms with Crippen LogP contribution in [0.5, 0.6) is 5.75 Å². The Labute approximate surface area is 177 Å². The molecule has 1 atom stereocenters. The van der Waals surface area contributed by atoms with Crippen molar-refractivity contribution in [3.63, 3.8) is 0 Å². The van der Waals surface area contributed by atoms with E-state index >= 15 is 0 Å². The van der Waals surface area contributed by atoms with Gasteiger partial charge in [-0.25, -0.2) is 0 Å². The minimum atomic E-state index is 0.0611. The maximum absolute atomic E-state index is 13.1. The van der Waals surface area contributed by atoms with Crippen molar-refractivity contribution < 1.29 is 9.53 Å². The SMILES string of the molecule is COc1cccc(-c2cc(C)nc([C@H]3CCCN(C(=O)c4cnn(C)c4C)C3)c2)c1. The lowest BCUT2D eigenvalue weighted by Crippen LogP contribution is -2.39. The molecule has 1 aromatic carbocycles. The third-order valence-corrected chi connectivity index (χ3v) is 5.97. The van der Waals surface area contributed by atoms with Crippen LogP contribution in [0.2, 0.25) is 0 Å². The third-order valence-electron chi connectivity index (χ3n) is 5.97. The van der Waals surface area contributed by atoms with Crippen molar-refractivity contribution in [3.8, 4) is 16.9 Å². The Hall–Kier alpha value is -3.15. The summed E-state index contributed by atoms with van der Waals surface area (Å²) in [5.74, 6) is 1.12. The molecule has 3 aromatic rings. The predicted octanol–water partition coefficient (Wildman–Crippen LogP) is 4.13. The van der Waals surface area contributed by atoms with Crippen LogP contribution < -0.4 is 4.74 Å². The average Bonchev–Trinajstić information content (AvgIpc) is 3.11. The van der Waals surface area contributed by atoms with Crippen LogP contribution in [0.3, 0.4) is 0 Å². The van der Waals surface area contributed by atoms with Gasteiger partial charge >= 0.3 is 0 Å². The van der Waals surface area contributed by atoms with E-state index in [0.717, 1.165) is 53.3 Å². The summed E-state index contributed by atoms with van der Waals surface area (Å²) in [5, 5.41) is 4.23. The molecule has 1 aliphatic rings. The maximum atomic E-state index is 13.1. The molecule has 30 heavy (non-hydrogen) atoms. The summed E-state index contributed by atoms with van der Waals surface area (Å²) in [6.07, 6.45) is 3.68. The molecule has 0 radical (unpaired) electrons. The molecule has 6 heteroatoms. The number of likely N-dealkylation sites (tertiary alicyclic amines) is 1. The van der Waals surface area contributed by atoms with Gasteiger partial charge in [0.25, 0.3) is 5.91 Å². The van der Waals surface area contributed by atoms with E-state index in [-0.39, 0.29) is 11.8 Å². The van der Waals surface area contributed by atoms with Gasteiger partial charge in [-0.15, -0.1) is 0 Å². The molecule has 0 N–H and O–H groups in total. The fourth-order valence-corrected chi connectivity index (χ4v) is 4.15. The zero-order chi connectivity index (χ0) is 21.3. The average molecular weight is 405 g/mol. The van der Waals surface area contributed by atoms with Gasteiger partial charge in [0.15, 0.2) is 0 Å². The molecule has 3 heterocycles. The first kappa shape index (κ1) is 20.1. The number of methoxy groups -OCH3 is 1. The number of rotatable bonds is 4. The molecule has 6 nitrogen and oxygen atoms in total. The number of nitrogens with zero attached hydrogens (tertiary/aromatic N) is 4. The monoisotopic (exact) mass is 404 g/mol. The fraction of sp³-hybridized carbons (Fsp3) is 0.375. The minimum Gasteiger partial charge on any atom is -0.497 e. The lowest BCUT2D eigenvalue weighted by Gasteiger charge is -2.32. The van der Waals surface area contributed by atoms with Crippen molar-refractivity contribution >= 4 is 5.91 Å². The summed E-state index contributed by atoms with van der Waals surface area (Å²) < 4.78 is 7.13. The van der Waals surface area contributed by atoms with Gasteiger partial charge in [0.2, 0.25) is 0 Å². The number of piperidine rings is 1. The number of benzene rings is 1. The van der Waals surface area contributed by atoms with Gasteiger partial charge in [0.05, 0.1) is 18.9 Å². The molecule has 1 aliphatic heterocycles. The highest BCUT2D eigenvalue weighted by Crippen LogP contribution is 2.31. The lowest BCUT2D eigenvalue weighted by atomic mass is 9.92. The number of hydrogen-bond donors (Lipinski definition) is 0. The van der Waals surface area contributed by atoms with Crippen molar-refractivity contribution in [1.29, 1.82) is 0 Å². The van der Waals surface area contributed by atoms with E-state index in [2.05, 4.69) is 23.3 Å². The van der Waals surface area contributed by atoms with Crippen molar-refractivity contribution in [2.75, 3.05) is 20.2 Å². The van der Waals surface area contributed by atoms with Crippen LogP contribution in [0.15, 0.2) is 42.6 Å². The highest BCUT2D eigenvalue weighted by Gasteiger charge is 2.28. The van der Waals surface area contributed by atoms with Crippen molar-refractivity contribution in [3.05, 3.63) is 65.2 Å². The van der Waals surface area contributed by atoms with Gasteiger partial charge in [-0.2, -0.15) is 5.10 Å². The zero-order valence-electron chi connectivity index (χ0n) is 18.1. The summed E-state index contributed by atoms with van der Waals surface area (Å²) in [6, 6.07) is 12.3. The quantitative estimate of drug-likeness (QED) is 0.656. The molecule has 0 unspecified atom stereocenters. The maximum Gasteiger partial charge on any atom is 0.257 e. The van der Waals surface area contributed by atoms with Crippen LogP contribution in [0.4, 0.5) is 0 Å². The summed E-state index contributed by atoms with van der Waals surface area (Å²) >= 11 is 0. The number of aryl methyl sites for hydroxylation is 2. The highest BCUT2D eigenvalue weighted by molar-refractivity contribution is 5.95. The molecular formula is C24H28N4O2. The number of hydrogen-bond acceptors (Lipinski definition) is 4.